The number of hydrogen-bond acceptors (Lipinski definition) is 2. The van der Waals surface area contributed by atoms with Gasteiger partial charge in [-0.1, -0.05) is 47.1 Å². The summed E-state index contributed by atoms with van der Waals surface area (Å²) in [6.45, 7) is 2.71. The van der Waals surface area contributed by atoms with Crippen LogP contribution in [0.3, 0.4) is 0 Å². The Morgan fingerprint density at radius 2 is 2.17 bits per heavy atom. The fourth-order valence-corrected chi connectivity index (χ4v) is 2.00. The van der Waals surface area contributed by atoms with E-state index in [0.717, 1.165) is 17.2 Å². The van der Waals surface area contributed by atoms with Gasteiger partial charge in [0.25, 0.3) is 5.91 Å². The number of nitrogens with one attached hydrogen (secondary N) is 1. The highest BCUT2D eigenvalue weighted by Gasteiger charge is 2.10. The lowest BCUT2D eigenvalue weighted by molar-refractivity contribution is 0.0950. The highest BCUT2D eigenvalue weighted by atomic mass is 79.9. The number of benzene rings is 1. The predicted octanol–water partition coefficient (Wildman–Crippen LogP) is 3.14. The van der Waals surface area contributed by atoms with Crippen LogP contribution in [-0.4, -0.2) is 22.3 Å². The van der Waals surface area contributed by atoms with E-state index in [0.29, 0.717) is 17.1 Å². The van der Waals surface area contributed by atoms with Crippen LogP contribution in [0, 0.1) is 0 Å². The molecule has 1 atom stereocenters. The number of nitrogens with zero attached hydrogens (tertiary/aromatic N) is 1. The van der Waals surface area contributed by atoms with Gasteiger partial charge in [-0.05, 0) is 17.9 Å². The van der Waals surface area contributed by atoms with Crippen molar-refractivity contribution >= 4 is 32.6 Å². The summed E-state index contributed by atoms with van der Waals surface area (Å²) in [6, 6.07) is 9.68. The van der Waals surface area contributed by atoms with Crippen LogP contribution in [0.1, 0.15) is 23.8 Å². The monoisotopic (exact) mass is 306 g/mol. The Hall–Kier alpha value is -1.42. The van der Waals surface area contributed by atoms with E-state index < -0.39 is 0 Å². The van der Waals surface area contributed by atoms with Crippen LogP contribution in [0.15, 0.2) is 36.5 Å². The zero-order valence-corrected chi connectivity index (χ0v) is 11.8. The molecule has 18 heavy (non-hydrogen) atoms. The van der Waals surface area contributed by atoms with E-state index in [1.54, 1.807) is 6.20 Å². The number of halogens is 1. The molecule has 0 aliphatic heterocycles. The number of amides is 1. The maximum atomic E-state index is 12.1. The first-order valence-corrected chi connectivity index (χ1v) is 6.86. The Labute approximate surface area is 115 Å². The molecule has 0 radical (unpaired) electrons. The third-order valence-electron chi connectivity index (χ3n) is 2.72. The van der Waals surface area contributed by atoms with Crippen LogP contribution in [0.2, 0.25) is 0 Å². The van der Waals surface area contributed by atoms with Gasteiger partial charge in [0, 0.05) is 23.0 Å². The molecule has 0 bridgehead atoms. The summed E-state index contributed by atoms with van der Waals surface area (Å²) < 4.78 is 0. The minimum Gasteiger partial charge on any atom is -0.351 e. The summed E-state index contributed by atoms with van der Waals surface area (Å²) in [4.78, 5) is 16.6. The van der Waals surface area contributed by atoms with E-state index >= 15 is 0 Å². The van der Waals surface area contributed by atoms with Gasteiger partial charge in [-0.25, -0.2) is 0 Å². The summed E-state index contributed by atoms with van der Waals surface area (Å²) in [5, 5.41) is 4.82. The molecular formula is C14H15BrN2O. The highest BCUT2D eigenvalue weighted by Crippen LogP contribution is 2.16. The zero-order chi connectivity index (χ0) is 13.0. The van der Waals surface area contributed by atoms with Crippen LogP contribution < -0.4 is 5.32 Å². The first-order valence-electron chi connectivity index (χ1n) is 5.94. The minimum absolute atomic E-state index is 0.111. The lowest BCUT2D eigenvalue weighted by atomic mass is 10.1. The molecule has 1 heterocycles. The largest absolute Gasteiger partial charge is 0.351 e. The van der Waals surface area contributed by atoms with Gasteiger partial charge in [-0.3, -0.25) is 9.78 Å². The van der Waals surface area contributed by atoms with Crippen molar-refractivity contribution in [3.63, 3.8) is 0 Å². The molecule has 1 aromatic carbocycles. The third-order valence-corrected chi connectivity index (χ3v) is 3.17. The molecule has 2 aromatic rings. The highest BCUT2D eigenvalue weighted by molar-refractivity contribution is 9.09. The van der Waals surface area contributed by atoms with Crippen molar-refractivity contribution in [2.75, 3.05) is 6.54 Å². The predicted molar refractivity (Wildman–Crippen MR) is 77.1 cm³/mol. The SMILES string of the molecule is CC(Br)CCNC(=O)c1nccc2ccccc12. The Morgan fingerprint density at radius 1 is 1.39 bits per heavy atom. The summed E-state index contributed by atoms with van der Waals surface area (Å²) in [5.74, 6) is -0.111. The van der Waals surface area contributed by atoms with Crippen molar-refractivity contribution < 1.29 is 4.79 Å². The summed E-state index contributed by atoms with van der Waals surface area (Å²) in [5.41, 5.74) is 0.496. The van der Waals surface area contributed by atoms with Crippen molar-refractivity contribution in [1.29, 1.82) is 0 Å². The average Bonchev–Trinajstić information content (AvgIpc) is 2.37. The second-order valence-electron chi connectivity index (χ2n) is 4.21. The van der Waals surface area contributed by atoms with Gasteiger partial charge in [0.15, 0.2) is 0 Å². The molecule has 0 aliphatic rings. The van der Waals surface area contributed by atoms with E-state index in [1.165, 1.54) is 0 Å². The normalized spacial score (nSPS) is 12.3. The van der Waals surface area contributed by atoms with Crippen LogP contribution >= 0.6 is 15.9 Å². The van der Waals surface area contributed by atoms with E-state index in [4.69, 9.17) is 0 Å². The molecule has 4 heteroatoms. The van der Waals surface area contributed by atoms with Gasteiger partial charge in [-0.15, -0.1) is 0 Å². The lowest BCUT2D eigenvalue weighted by Crippen LogP contribution is -2.26. The van der Waals surface area contributed by atoms with Crippen molar-refractivity contribution in [3.8, 4) is 0 Å². The summed E-state index contributed by atoms with van der Waals surface area (Å²) in [6.07, 6.45) is 2.57. The summed E-state index contributed by atoms with van der Waals surface area (Å²) in [7, 11) is 0. The zero-order valence-electron chi connectivity index (χ0n) is 10.2. The van der Waals surface area contributed by atoms with Gasteiger partial charge in [0.1, 0.15) is 5.69 Å². The van der Waals surface area contributed by atoms with Crippen LogP contribution in [0.5, 0.6) is 0 Å². The number of rotatable bonds is 4. The van der Waals surface area contributed by atoms with Gasteiger partial charge < -0.3 is 5.32 Å². The third kappa shape index (κ3) is 3.07. The maximum Gasteiger partial charge on any atom is 0.270 e. The molecule has 0 saturated heterocycles. The molecule has 0 saturated carbocycles. The quantitative estimate of drug-likeness (QED) is 0.882. The first kappa shape index (κ1) is 13.0. The molecule has 1 unspecified atom stereocenters. The Kier molecular flexibility index (Phi) is 4.31. The van der Waals surface area contributed by atoms with Crippen LogP contribution in [0.25, 0.3) is 10.8 Å². The number of carbonyl (C=O) groups is 1. The molecule has 0 spiro atoms. The van der Waals surface area contributed by atoms with E-state index in [2.05, 4.69) is 33.2 Å². The van der Waals surface area contributed by atoms with E-state index in [-0.39, 0.29) is 5.91 Å². The number of pyridine rings is 1. The number of aromatic nitrogens is 1. The van der Waals surface area contributed by atoms with Gasteiger partial charge in [0.2, 0.25) is 0 Å². The van der Waals surface area contributed by atoms with Gasteiger partial charge in [-0.2, -0.15) is 0 Å². The van der Waals surface area contributed by atoms with E-state index in [1.807, 2.05) is 30.3 Å². The van der Waals surface area contributed by atoms with Gasteiger partial charge in [0.05, 0.1) is 0 Å². The Morgan fingerprint density at radius 3 is 2.94 bits per heavy atom. The van der Waals surface area contributed by atoms with Crippen molar-refractivity contribution in [3.05, 3.63) is 42.2 Å². The fraction of sp³-hybridized carbons (Fsp3) is 0.286. The van der Waals surface area contributed by atoms with Crippen molar-refractivity contribution in [2.24, 2.45) is 0 Å². The molecule has 2 rings (SSSR count). The fourth-order valence-electron chi connectivity index (χ4n) is 1.77. The minimum atomic E-state index is -0.111. The number of carbonyl (C=O) groups excluding carboxylic acids is 1. The molecule has 1 aromatic heterocycles. The lowest BCUT2D eigenvalue weighted by Gasteiger charge is -2.07. The number of alkyl halides is 1. The second-order valence-corrected chi connectivity index (χ2v) is 5.77. The number of fused-ring (bicyclic) bond motifs is 1. The Balaban J connectivity index is 2.17. The molecule has 0 aliphatic carbocycles. The Bertz CT molecular complexity index is 549. The van der Waals surface area contributed by atoms with Crippen molar-refractivity contribution in [1.82, 2.24) is 10.3 Å². The smallest absolute Gasteiger partial charge is 0.270 e. The number of hydrogen-bond donors (Lipinski definition) is 1. The second kappa shape index (κ2) is 5.96. The van der Waals surface area contributed by atoms with Crippen LogP contribution in [0.4, 0.5) is 0 Å². The first-order chi connectivity index (χ1) is 8.68. The maximum absolute atomic E-state index is 12.1. The molecule has 3 nitrogen and oxygen atoms in total. The summed E-state index contributed by atoms with van der Waals surface area (Å²) >= 11 is 3.45. The molecule has 94 valence electrons. The average molecular weight is 307 g/mol. The van der Waals surface area contributed by atoms with Crippen molar-refractivity contribution in [2.45, 2.75) is 18.2 Å². The van der Waals surface area contributed by atoms with E-state index in [9.17, 15) is 4.79 Å². The topological polar surface area (TPSA) is 42.0 Å². The van der Waals surface area contributed by atoms with Crippen LogP contribution in [-0.2, 0) is 0 Å². The molecular weight excluding hydrogens is 292 g/mol. The van der Waals surface area contributed by atoms with Gasteiger partial charge >= 0.3 is 0 Å². The molecule has 1 N–H and O–H groups in total. The standard InChI is InChI=1S/C14H15BrN2O/c1-10(15)6-8-17-14(18)13-12-5-3-2-4-11(12)7-9-16-13/h2-5,7,9-10H,6,8H2,1H3,(H,17,18). The molecule has 0 fully saturated rings. The molecule has 1 amide bonds.